The average Bonchev–Trinajstić information content (AvgIpc) is 2.27. The number of hydrogen-bond acceptors (Lipinski definition) is 4. The smallest absolute Gasteiger partial charge is 0.305 e. The van der Waals surface area contributed by atoms with Crippen molar-refractivity contribution in [2.45, 2.75) is 12.5 Å². The van der Waals surface area contributed by atoms with Crippen LogP contribution in [0.3, 0.4) is 0 Å². The third kappa shape index (κ3) is 3.20. The summed E-state index contributed by atoms with van der Waals surface area (Å²) in [5.41, 5.74) is 7.69. The Morgan fingerprint density at radius 2 is 2.24 bits per heavy atom. The van der Waals surface area contributed by atoms with Crippen molar-refractivity contribution in [1.29, 1.82) is 5.26 Å². The molecule has 0 radical (unpaired) electrons. The van der Waals surface area contributed by atoms with Gasteiger partial charge in [0, 0.05) is 20.1 Å². The summed E-state index contributed by atoms with van der Waals surface area (Å²) in [4.78, 5) is 12.4. The summed E-state index contributed by atoms with van der Waals surface area (Å²) in [6, 6.07) is 6.66. The van der Waals surface area contributed by atoms with Gasteiger partial charge in [-0.2, -0.15) is 5.26 Å². The van der Waals surface area contributed by atoms with Crippen molar-refractivity contribution in [3.05, 3.63) is 29.3 Å². The first-order chi connectivity index (χ1) is 7.95. The van der Waals surface area contributed by atoms with Crippen molar-refractivity contribution in [3.63, 3.8) is 0 Å². The van der Waals surface area contributed by atoms with Crippen LogP contribution in [-0.2, 0) is 4.79 Å². The molecule has 1 aromatic carbocycles. The minimum Gasteiger partial charge on any atom is -0.481 e. The van der Waals surface area contributed by atoms with Gasteiger partial charge in [0.1, 0.15) is 6.07 Å². The van der Waals surface area contributed by atoms with E-state index in [1.807, 2.05) is 19.0 Å². The molecule has 90 valence electrons. The van der Waals surface area contributed by atoms with E-state index in [4.69, 9.17) is 16.1 Å². The molecule has 0 aliphatic heterocycles. The fourth-order valence-corrected chi connectivity index (χ4v) is 1.57. The lowest BCUT2D eigenvalue weighted by Crippen LogP contribution is -2.16. The van der Waals surface area contributed by atoms with Gasteiger partial charge in [-0.05, 0) is 17.7 Å². The van der Waals surface area contributed by atoms with E-state index in [2.05, 4.69) is 6.07 Å². The number of carboxylic acid groups (broad SMARTS) is 1. The molecule has 1 atom stereocenters. The van der Waals surface area contributed by atoms with Crippen molar-refractivity contribution in [2.75, 3.05) is 19.0 Å². The molecular formula is C12H15N3O2. The Morgan fingerprint density at radius 3 is 2.71 bits per heavy atom. The molecule has 0 aliphatic rings. The maximum absolute atomic E-state index is 10.6. The molecule has 0 saturated heterocycles. The highest BCUT2D eigenvalue weighted by Crippen LogP contribution is 2.23. The van der Waals surface area contributed by atoms with Gasteiger partial charge < -0.3 is 15.7 Å². The van der Waals surface area contributed by atoms with E-state index in [0.29, 0.717) is 11.1 Å². The van der Waals surface area contributed by atoms with Gasteiger partial charge in [-0.15, -0.1) is 0 Å². The van der Waals surface area contributed by atoms with Crippen LogP contribution >= 0.6 is 0 Å². The Kier molecular flexibility index (Phi) is 4.07. The molecule has 0 fully saturated rings. The summed E-state index contributed by atoms with van der Waals surface area (Å²) < 4.78 is 0. The van der Waals surface area contributed by atoms with Crippen LogP contribution in [0.4, 0.5) is 5.69 Å². The zero-order valence-corrected chi connectivity index (χ0v) is 9.84. The number of anilines is 1. The van der Waals surface area contributed by atoms with E-state index >= 15 is 0 Å². The topological polar surface area (TPSA) is 90.3 Å². The second kappa shape index (κ2) is 5.32. The van der Waals surface area contributed by atoms with Crippen LogP contribution in [-0.4, -0.2) is 25.2 Å². The molecule has 0 bridgehead atoms. The molecule has 0 amide bonds. The molecule has 0 aliphatic carbocycles. The van der Waals surface area contributed by atoms with E-state index < -0.39 is 12.0 Å². The third-order valence-corrected chi connectivity index (χ3v) is 2.45. The fourth-order valence-electron chi connectivity index (χ4n) is 1.57. The highest BCUT2D eigenvalue weighted by Gasteiger charge is 2.13. The minimum absolute atomic E-state index is 0.147. The summed E-state index contributed by atoms with van der Waals surface area (Å²) in [6.07, 6.45) is -0.147. The third-order valence-electron chi connectivity index (χ3n) is 2.45. The van der Waals surface area contributed by atoms with Gasteiger partial charge in [0.25, 0.3) is 0 Å². The lowest BCUT2D eigenvalue weighted by molar-refractivity contribution is -0.137. The molecule has 0 spiro atoms. The number of nitriles is 1. The fraction of sp³-hybridized carbons (Fsp3) is 0.333. The summed E-state index contributed by atoms with van der Waals surface area (Å²) >= 11 is 0. The van der Waals surface area contributed by atoms with Crippen molar-refractivity contribution in [3.8, 4) is 6.07 Å². The monoisotopic (exact) mass is 233 g/mol. The van der Waals surface area contributed by atoms with E-state index in [1.54, 1.807) is 18.2 Å². The van der Waals surface area contributed by atoms with Gasteiger partial charge in [-0.3, -0.25) is 4.79 Å². The number of hydrogen-bond donors (Lipinski definition) is 2. The van der Waals surface area contributed by atoms with Crippen LogP contribution < -0.4 is 10.6 Å². The predicted octanol–water partition coefficient (Wildman–Crippen LogP) is 1.10. The molecule has 1 unspecified atom stereocenters. The van der Waals surface area contributed by atoms with Crippen LogP contribution in [0.2, 0.25) is 0 Å². The molecule has 1 aromatic rings. The van der Waals surface area contributed by atoms with Crippen LogP contribution in [0.25, 0.3) is 0 Å². The van der Waals surface area contributed by atoms with E-state index in [-0.39, 0.29) is 6.42 Å². The van der Waals surface area contributed by atoms with Gasteiger partial charge in [-0.1, -0.05) is 6.07 Å². The quantitative estimate of drug-likeness (QED) is 0.812. The number of nitrogens with zero attached hydrogens (tertiary/aromatic N) is 2. The first kappa shape index (κ1) is 13.0. The lowest BCUT2D eigenvalue weighted by Gasteiger charge is -2.16. The first-order valence-corrected chi connectivity index (χ1v) is 5.14. The average molecular weight is 233 g/mol. The van der Waals surface area contributed by atoms with Gasteiger partial charge in [-0.25, -0.2) is 0 Å². The lowest BCUT2D eigenvalue weighted by atomic mass is 10.0. The van der Waals surface area contributed by atoms with Crippen LogP contribution in [0.1, 0.15) is 23.6 Å². The summed E-state index contributed by atoms with van der Waals surface area (Å²) in [5, 5.41) is 17.7. The first-order valence-electron chi connectivity index (χ1n) is 5.14. The number of nitrogens with two attached hydrogens (primary N) is 1. The number of benzene rings is 1. The molecule has 0 saturated carbocycles. The summed E-state index contributed by atoms with van der Waals surface area (Å²) in [6.45, 7) is 0. The Balaban J connectivity index is 3.06. The van der Waals surface area contributed by atoms with Gasteiger partial charge in [0.2, 0.25) is 0 Å². The van der Waals surface area contributed by atoms with Gasteiger partial charge in [0.15, 0.2) is 0 Å². The van der Waals surface area contributed by atoms with Crippen LogP contribution in [0.5, 0.6) is 0 Å². The van der Waals surface area contributed by atoms with E-state index in [9.17, 15) is 4.79 Å². The zero-order chi connectivity index (χ0) is 13.0. The van der Waals surface area contributed by atoms with Gasteiger partial charge >= 0.3 is 5.97 Å². The van der Waals surface area contributed by atoms with Crippen LogP contribution in [0, 0.1) is 11.3 Å². The summed E-state index contributed by atoms with van der Waals surface area (Å²) in [5.74, 6) is -0.951. The van der Waals surface area contributed by atoms with Crippen molar-refractivity contribution >= 4 is 11.7 Å². The number of rotatable bonds is 4. The summed E-state index contributed by atoms with van der Waals surface area (Å²) in [7, 11) is 3.68. The van der Waals surface area contributed by atoms with E-state index in [1.165, 1.54) is 0 Å². The number of carbonyl (C=O) groups is 1. The normalized spacial score (nSPS) is 11.6. The van der Waals surface area contributed by atoms with Crippen molar-refractivity contribution in [2.24, 2.45) is 5.73 Å². The Labute approximate surface area is 100 Å². The molecule has 0 aromatic heterocycles. The molecular weight excluding hydrogens is 218 g/mol. The highest BCUT2D eigenvalue weighted by molar-refractivity contribution is 5.68. The molecule has 5 heteroatoms. The Hall–Kier alpha value is -2.06. The SMILES string of the molecule is CN(C)c1ccc(C(N)CC(=O)O)cc1C#N. The second-order valence-electron chi connectivity index (χ2n) is 3.99. The standard InChI is InChI=1S/C12H15N3O2/c1-15(2)11-4-3-8(5-9(11)7-13)10(14)6-12(16)17/h3-5,10H,6,14H2,1-2H3,(H,16,17). The maximum Gasteiger partial charge on any atom is 0.305 e. The minimum atomic E-state index is -0.951. The van der Waals surface area contributed by atoms with Crippen LogP contribution in [0.15, 0.2) is 18.2 Å². The number of carboxylic acids is 1. The molecule has 1 rings (SSSR count). The molecule has 17 heavy (non-hydrogen) atoms. The maximum atomic E-state index is 10.6. The van der Waals surface area contributed by atoms with Gasteiger partial charge in [0.05, 0.1) is 17.7 Å². The molecule has 3 N–H and O–H groups in total. The molecule has 0 heterocycles. The van der Waals surface area contributed by atoms with Crippen molar-refractivity contribution in [1.82, 2.24) is 0 Å². The predicted molar refractivity (Wildman–Crippen MR) is 64.7 cm³/mol. The largest absolute Gasteiger partial charge is 0.481 e. The zero-order valence-electron chi connectivity index (χ0n) is 9.84. The Bertz CT molecular complexity index is 463. The highest BCUT2D eigenvalue weighted by atomic mass is 16.4. The Morgan fingerprint density at radius 1 is 1.59 bits per heavy atom. The number of aliphatic carboxylic acids is 1. The molecule has 5 nitrogen and oxygen atoms in total. The van der Waals surface area contributed by atoms with Crippen molar-refractivity contribution < 1.29 is 9.90 Å². The second-order valence-corrected chi connectivity index (χ2v) is 3.99. The van der Waals surface area contributed by atoms with E-state index in [0.717, 1.165) is 5.69 Å².